The number of rotatable bonds is 2. The largest absolute Gasteiger partial charge is 0.390 e. The van der Waals surface area contributed by atoms with Gasteiger partial charge in [-0.05, 0) is 6.07 Å². The molecule has 1 fully saturated rings. The summed E-state index contributed by atoms with van der Waals surface area (Å²) in [6.45, 7) is -1.23. The third-order valence-electron chi connectivity index (χ3n) is 2.67. The lowest BCUT2D eigenvalue weighted by molar-refractivity contribution is -0.207. The summed E-state index contributed by atoms with van der Waals surface area (Å²) >= 11 is 0. The quantitative estimate of drug-likeness (QED) is 0.612. The van der Waals surface area contributed by atoms with Crippen LogP contribution in [0.3, 0.4) is 0 Å². The van der Waals surface area contributed by atoms with Crippen molar-refractivity contribution >= 4 is 5.82 Å². The zero-order valence-corrected chi connectivity index (χ0v) is 9.03. The van der Waals surface area contributed by atoms with E-state index in [4.69, 9.17) is 10.8 Å². The van der Waals surface area contributed by atoms with Crippen LogP contribution in [-0.4, -0.2) is 44.5 Å². The number of anilines is 1. The predicted octanol–water partition coefficient (Wildman–Crippen LogP) is -1.29. The van der Waals surface area contributed by atoms with Gasteiger partial charge in [-0.25, -0.2) is 13.6 Å². The first-order valence-electron chi connectivity index (χ1n) is 5.03. The number of nitrogens with two attached hydrogens (primary N) is 1. The maximum Gasteiger partial charge on any atom is 0.351 e. The maximum atomic E-state index is 13.7. The van der Waals surface area contributed by atoms with Crippen LogP contribution in [0.2, 0.25) is 0 Å². The average Bonchev–Trinajstić information content (AvgIpc) is 2.55. The van der Waals surface area contributed by atoms with Crippen molar-refractivity contribution in [2.24, 2.45) is 0 Å². The second kappa shape index (κ2) is 4.26. The van der Waals surface area contributed by atoms with Crippen LogP contribution in [-0.2, 0) is 4.74 Å². The molecule has 100 valence electrons. The molecule has 2 rings (SSSR count). The number of alkyl halides is 2. The number of nitrogens with zero attached hydrogens (tertiary/aromatic N) is 2. The standard InChI is InChI=1S/C9H11F2N3O4/c10-5-6(16)9(11,3-15)18-7(5)14-2-1-4(12)13-8(14)17/h1-2,5-7,15-16H,3H2,(H2,12,13,17)/t5-,6+,7-,9-/m1/s1. The summed E-state index contributed by atoms with van der Waals surface area (Å²) in [5.41, 5.74) is 4.30. The molecule has 0 spiro atoms. The van der Waals surface area contributed by atoms with Gasteiger partial charge in [0.15, 0.2) is 18.5 Å². The second-order valence-corrected chi connectivity index (χ2v) is 3.88. The Morgan fingerprint density at radius 2 is 2.33 bits per heavy atom. The Bertz CT molecular complexity index is 511. The van der Waals surface area contributed by atoms with Gasteiger partial charge in [0, 0.05) is 6.20 Å². The van der Waals surface area contributed by atoms with Crippen molar-refractivity contribution in [3.63, 3.8) is 0 Å². The zero-order valence-electron chi connectivity index (χ0n) is 9.03. The number of aliphatic hydroxyl groups is 2. The van der Waals surface area contributed by atoms with Crippen LogP contribution in [0.5, 0.6) is 0 Å². The molecule has 1 aliphatic heterocycles. The Labute approximate surface area is 99.4 Å². The van der Waals surface area contributed by atoms with E-state index in [1.54, 1.807) is 0 Å². The van der Waals surface area contributed by atoms with Crippen molar-refractivity contribution < 1.29 is 23.7 Å². The number of aromatic nitrogens is 2. The summed E-state index contributed by atoms with van der Waals surface area (Å²) in [6, 6.07) is 1.20. The minimum absolute atomic E-state index is 0.0844. The van der Waals surface area contributed by atoms with E-state index in [1.165, 1.54) is 6.07 Å². The molecule has 1 saturated heterocycles. The molecule has 0 bridgehead atoms. The topological polar surface area (TPSA) is 111 Å². The minimum atomic E-state index is -2.95. The molecule has 18 heavy (non-hydrogen) atoms. The molecule has 1 aromatic rings. The third kappa shape index (κ3) is 1.85. The van der Waals surface area contributed by atoms with Gasteiger partial charge in [-0.3, -0.25) is 4.57 Å². The van der Waals surface area contributed by atoms with Crippen LogP contribution in [0, 0.1) is 0 Å². The summed E-state index contributed by atoms with van der Waals surface area (Å²) < 4.78 is 32.6. The molecule has 9 heteroatoms. The van der Waals surface area contributed by atoms with E-state index >= 15 is 0 Å². The van der Waals surface area contributed by atoms with Gasteiger partial charge in [0.05, 0.1) is 0 Å². The monoisotopic (exact) mass is 263 g/mol. The Morgan fingerprint density at radius 3 is 2.83 bits per heavy atom. The van der Waals surface area contributed by atoms with Gasteiger partial charge < -0.3 is 20.7 Å². The lowest BCUT2D eigenvalue weighted by atomic mass is 10.1. The Hall–Kier alpha value is -1.58. The first kappa shape index (κ1) is 12.9. The van der Waals surface area contributed by atoms with Crippen LogP contribution < -0.4 is 11.4 Å². The SMILES string of the molecule is Nc1ccn([C@@H]2O[C@](F)(CO)[C@@H](O)[C@H]2F)c(=O)n1. The summed E-state index contributed by atoms with van der Waals surface area (Å²) in [5.74, 6) is -3.04. The lowest BCUT2D eigenvalue weighted by Gasteiger charge is -2.19. The molecule has 0 radical (unpaired) electrons. The van der Waals surface area contributed by atoms with Crippen LogP contribution in [0.25, 0.3) is 0 Å². The van der Waals surface area contributed by atoms with Gasteiger partial charge in [-0.2, -0.15) is 4.98 Å². The van der Waals surface area contributed by atoms with Gasteiger partial charge in [-0.15, -0.1) is 0 Å². The van der Waals surface area contributed by atoms with Crippen molar-refractivity contribution in [1.82, 2.24) is 9.55 Å². The molecule has 4 N–H and O–H groups in total. The van der Waals surface area contributed by atoms with E-state index in [1.807, 2.05) is 0 Å². The van der Waals surface area contributed by atoms with Gasteiger partial charge in [-0.1, -0.05) is 0 Å². The third-order valence-corrected chi connectivity index (χ3v) is 2.67. The van der Waals surface area contributed by atoms with Crippen molar-refractivity contribution in [2.45, 2.75) is 24.4 Å². The van der Waals surface area contributed by atoms with E-state index in [2.05, 4.69) is 9.72 Å². The molecule has 0 unspecified atom stereocenters. The molecule has 0 aromatic carbocycles. The van der Waals surface area contributed by atoms with E-state index < -0.39 is 36.7 Å². The first-order valence-corrected chi connectivity index (χ1v) is 5.03. The van der Waals surface area contributed by atoms with E-state index in [0.29, 0.717) is 4.57 Å². The first-order chi connectivity index (χ1) is 8.39. The van der Waals surface area contributed by atoms with E-state index in [9.17, 15) is 18.7 Å². The summed E-state index contributed by atoms with van der Waals surface area (Å²) in [4.78, 5) is 14.8. The summed E-state index contributed by atoms with van der Waals surface area (Å²) in [6.07, 6.45) is -5.06. The van der Waals surface area contributed by atoms with Gasteiger partial charge in [0.2, 0.25) is 0 Å². The predicted molar refractivity (Wildman–Crippen MR) is 54.9 cm³/mol. The highest BCUT2D eigenvalue weighted by Gasteiger charge is 2.57. The van der Waals surface area contributed by atoms with Crippen LogP contribution in [0.15, 0.2) is 17.1 Å². The van der Waals surface area contributed by atoms with Crippen molar-refractivity contribution in [3.05, 3.63) is 22.7 Å². The molecule has 7 nitrogen and oxygen atoms in total. The highest BCUT2D eigenvalue weighted by molar-refractivity contribution is 5.23. The number of hydrogen-bond acceptors (Lipinski definition) is 6. The fourth-order valence-electron chi connectivity index (χ4n) is 1.69. The highest BCUT2D eigenvalue weighted by atomic mass is 19.2. The number of aliphatic hydroxyl groups excluding tert-OH is 2. The fraction of sp³-hybridized carbons (Fsp3) is 0.556. The molecule has 4 atom stereocenters. The van der Waals surface area contributed by atoms with Crippen LogP contribution in [0.4, 0.5) is 14.6 Å². The normalized spacial score (nSPS) is 35.9. The zero-order chi connectivity index (χ0) is 13.5. The molecular formula is C9H11F2N3O4. The molecule has 0 aliphatic carbocycles. The second-order valence-electron chi connectivity index (χ2n) is 3.88. The molecule has 0 amide bonds. The number of ether oxygens (including phenoxy) is 1. The molecule has 1 aromatic heterocycles. The number of halogens is 2. The van der Waals surface area contributed by atoms with Crippen molar-refractivity contribution in [2.75, 3.05) is 12.3 Å². The van der Waals surface area contributed by atoms with E-state index in [0.717, 1.165) is 6.20 Å². The Kier molecular flexibility index (Phi) is 3.05. The Balaban J connectivity index is 2.38. The highest BCUT2D eigenvalue weighted by Crippen LogP contribution is 2.39. The van der Waals surface area contributed by atoms with Crippen molar-refractivity contribution in [1.29, 1.82) is 0 Å². The van der Waals surface area contributed by atoms with E-state index in [-0.39, 0.29) is 5.82 Å². The van der Waals surface area contributed by atoms with Crippen LogP contribution in [0.1, 0.15) is 6.23 Å². The molecule has 0 saturated carbocycles. The summed E-state index contributed by atoms with van der Waals surface area (Å²) in [7, 11) is 0. The van der Waals surface area contributed by atoms with Crippen LogP contribution >= 0.6 is 0 Å². The smallest absolute Gasteiger partial charge is 0.351 e. The maximum absolute atomic E-state index is 13.7. The lowest BCUT2D eigenvalue weighted by Crippen LogP contribution is -2.41. The minimum Gasteiger partial charge on any atom is -0.390 e. The average molecular weight is 263 g/mol. The fourth-order valence-corrected chi connectivity index (χ4v) is 1.69. The number of nitrogen functional groups attached to an aromatic ring is 1. The summed E-state index contributed by atoms with van der Waals surface area (Å²) in [5, 5.41) is 18.0. The molecule has 1 aliphatic rings. The molecule has 2 heterocycles. The Morgan fingerprint density at radius 1 is 1.67 bits per heavy atom. The van der Waals surface area contributed by atoms with Gasteiger partial charge in [0.25, 0.3) is 5.85 Å². The molecular weight excluding hydrogens is 252 g/mol. The number of hydrogen-bond donors (Lipinski definition) is 3. The van der Waals surface area contributed by atoms with Gasteiger partial charge >= 0.3 is 5.69 Å². The van der Waals surface area contributed by atoms with Crippen molar-refractivity contribution in [3.8, 4) is 0 Å². The van der Waals surface area contributed by atoms with Gasteiger partial charge in [0.1, 0.15) is 12.4 Å².